The summed E-state index contributed by atoms with van der Waals surface area (Å²) in [4.78, 5) is 23.7. The number of urea groups is 1. The first-order chi connectivity index (χ1) is 9.08. The Balaban J connectivity index is 2.25. The number of thiophene rings is 1. The normalized spacial score (nSPS) is 10.1. The van der Waals surface area contributed by atoms with Crippen molar-refractivity contribution in [1.82, 2.24) is 0 Å². The highest BCUT2D eigenvalue weighted by Crippen LogP contribution is 2.26. The number of primary amides is 1. The number of carbonyl (C=O) groups is 2. The summed E-state index contributed by atoms with van der Waals surface area (Å²) in [5.41, 5.74) is 6.42. The summed E-state index contributed by atoms with van der Waals surface area (Å²) in [6.45, 7) is 0.315. The van der Waals surface area contributed by atoms with Crippen LogP contribution >= 0.6 is 11.3 Å². The van der Waals surface area contributed by atoms with Gasteiger partial charge in [-0.3, -0.25) is 4.90 Å². The van der Waals surface area contributed by atoms with E-state index in [9.17, 15) is 9.59 Å². The van der Waals surface area contributed by atoms with Crippen LogP contribution in [0, 0.1) is 0 Å². The van der Waals surface area contributed by atoms with Gasteiger partial charge in [0.05, 0.1) is 12.1 Å². The van der Waals surface area contributed by atoms with E-state index in [0.717, 1.165) is 5.56 Å². The number of carboxylic acids is 1. The molecule has 0 spiro atoms. The molecule has 0 atom stereocenters. The molecule has 0 aliphatic carbocycles. The summed E-state index contributed by atoms with van der Waals surface area (Å²) in [6, 6.07) is 10.2. The Hall–Kier alpha value is -2.34. The molecular formula is C13H12N2O3S. The zero-order valence-electron chi connectivity index (χ0n) is 9.95. The first kappa shape index (κ1) is 13.1. The van der Waals surface area contributed by atoms with E-state index in [0.29, 0.717) is 11.5 Å². The SMILES string of the molecule is NC(=O)N(Cc1ccccc1)c1cc(C(=O)O)cs1. The topological polar surface area (TPSA) is 83.6 Å². The molecule has 0 unspecified atom stereocenters. The standard InChI is InChI=1S/C13H12N2O3S/c14-13(18)15(7-9-4-2-1-3-5-9)11-6-10(8-19-11)12(16)17/h1-6,8H,7H2,(H2,14,18)(H,16,17). The molecule has 0 saturated carbocycles. The van der Waals surface area contributed by atoms with Crippen molar-refractivity contribution in [2.45, 2.75) is 6.54 Å². The summed E-state index contributed by atoms with van der Waals surface area (Å²) in [6.07, 6.45) is 0. The lowest BCUT2D eigenvalue weighted by Crippen LogP contribution is -2.34. The third kappa shape index (κ3) is 3.11. The fourth-order valence-electron chi connectivity index (χ4n) is 1.61. The monoisotopic (exact) mass is 276 g/mol. The molecule has 0 fully saturated rings. The molecule has 0 saturated heterocycles. The Morgan fingerprint density at radius 3 is 2.47 bits per heavy atom. The van der Waals surface area contributed by atoms with E-state index in [2.05, 4.69) is 0 Å². The molecule has 1 aromatic carbocycles. The van der Waals surface area contributed by atoms with Gasteiger partial charge in [-0.15, -0.1) is 11.3 Å². The molecule has 1 aromatic heterocycles. The first-order valence-electron chi connectivity index (χ1n) is 5.50. The van der Waals surface area contributed by atoms with E-state index in [1.54, 1.807) is 0 Å². The van der Waals surface area contributed by atoms with Gasteiger partial charge in [-0.25, -0.2) is 9.59 Å². The van der Waals surface area contributed by atoms with Crippen LogP contribution in [0.25, 0.3) is 0 Å². The number of carbonyl (C=O) groups excluding carboxylic acids is 1. The van der Waals surface area contributed by atoms with Crippen LogP contribution in [0.3, 0.4) is 0 Å². The Bertz CT molecular complexity index is 595. The van der Waals surface area contributed by atoms with Crippen molar-refractivity contribution in [2.75, 3.05) is 4.90 Å². The highest BCUT2D eigenvalue weighted by Gasteiger charge is 2.17. The number of nitrogens with zero attached hydrogens (tertiary/aromatic N) is 1. The minimum atomic E-state index is -1.02. The van der Waals surface area contributed by atoms with Crippen molar-refractivity contribution in [3.8, 4) is 0 Å². The molecule has 2 rings (SSSR count). The van der Waals surface area contributed by atoms with Crippen LogP contribution in [0.2, 0.25) is 0 Å². The number of nitrogens with two attached hydrogens (primary N) is 1. The average molecular weight is 276 g/mol. The Morgan fingerprint density at radius 2 is 1.95 bits per heavy atom. The van der Waals surface area contributed by atoms with Crippen molar-refractivity contribution in [3.05, 3.63) is 52.9 Å². The van der Waals surface area contributed by atoms with Crippen molar-refractivity contribution in [2.24, 2.45) is 5.73 Å². The van der Waals surface area contributed by atoms with E-state index >= 15 is 0 Å². The lowest BCUT2D eigenvalue weighted by atomic mass is 10.2. The number of aromatic carboxylic acids is 1. The Labute approximate surface area is 113 Å². The summed E-state index contributed by atoms with van der Waals surface area (Å²) < 4.78 is 0. The third-order valence-corrected chi connectivity index (χ3v) is 3.50. The maximum absolute atomic E-state index is 11.5. The van der Waals surface area contributed by atoms with Gasteiger partial charge < -0.3 is 10.8 Å². The quantitative estimate of drug-likeness (QED) is 0.900. The van der Waals surface area contributed by atoms with Crippen molar-refractivity contribution < 1.29 is 14.7 Å². The molecule has 6 heteroatoms. The molecule has 2 amide bonds. The Morgan fingerprint density at radius 1 is 1.26 bits per heavy atom. The van der Waals surface area contributed by atoms with E-state index in [1.165, 1.54) is 27.7 Å². The van der Waals surface area contributed by atoms with Crippen LogP contribution in [0.15, 0.2) is 41.8 Å². The van der Waals surface area contributed by atoms with E-state index in [-0.39, 0.29) is 5.56 Å². The minimum Gasteiger partial charge on any atom is -0.478 e. The van der Waals surface area contributed by atoms with Gasteiger partial charge in [-0.2, -0.15) is 0 Å². The minimum absolute atomic E-state index is 0.152. The van der Waals surface area contributed by atoms with Gasteiger partial charge in [-0.1, -0.05) is 30.3 Å². The second-order valence-corrected chi connectivity index (χ2v) is 4.78. The second-order valence-electron chi connectivity index (χ2n) is 3.89. The van der Waals surface area contributed by atoms with E-state index in [1.807, 2.05) is 30.3 Å². The van der Waals surface area contributed by atoms with Crippen LogP contribution in [0.5, 0.6) is 0 Å². The largest absolute Gasteiger partial charge is 0.478 e. The van der Waals surface area contributed by atoms with Crippen LogP contribution in [0.4, 0.5) is 9.80 Å². The van der Waals surface area contributed by atoms with E-state index < -0.39 is 12.0 Å². The highest BCUT2D eigenvalue weighted by molar-refractivity contribution is 7.14. The zero-order chi connectivity index (χ0) is 13.8. The number of anilines is 1. The molecule has 19 heavy (non-hydrogen) atoms. The fraction of sp³-hybridized carbons (Fsp3) is 0.0769. The van der Waals surface area contributed by atoms with Crippen molar-refractivity contribution >= 4 is 28.3 Å². The molecule has 2 aromatic rings. The lowest BCUT2D eigenvalue weighted by molar-refractivity contribution is 0.0697. The molecule has 5 nitrogen and oxygen atoms in total. The molecule has 3 N–H and O–H groups in total. The predicted octanol–water partition coefficient (Wildman–Crippen LogP) is 2.53. The van der Waals surface area contributed by atoms with Crippen LogP contribution in [0.1, 0.15) is 15.9 Å². The van der Waals surface area contributed by atoms with Gasteiger partial charge in [0.2, 0.25) is 0 Å². The molecule has 0 aliphatic heterocycles. The number of rotatable bonds is 4. The van der Waals surface area contributed by atoms with Gasteiger partial charge >= 0.3 is 12.0 Å². The van der Waals surface area contributed by atoms with Gasteiger partial charge in [0.1, 0.15) is 5.00 Å². The third-order valence-electron chi connectivity index (χ3n) is 2.55. The zero-order valence-corrected chi connectivity index (χ0v) is 10.8. The van der Waals surface area contributed by atoms with E-state index in [4.69, 9.17) is 10.8 Å². The average Bonchev–Trinajstić information content (AvgIpc) is 2.86. The van der Waals surface area contributed by atoms with Gasteiger partial charge in [0, 0.05) is 5.38 Å². The maximum atomic E-state index is 11.5. The van der Waals surface area contributed by atoms with Crippen LogP contribution in [-0.2, 0) is 6.54 Å². The molecule has 0 aliphatic rings. The summed E-state index contributed by atoms with van der Waals surface area (Å²) in [7, 11) is 0. The highest BCUT2D eigenvalue weighted by atomic mass is 32.1. The predicted molar refractivity (Wildman–Crippen MR) is 73.5 cm³/mol. The second kappa shape index (κ2) is 5.53. The number of hydrogen-bond acceptors (Lipinski definition) is 3. The number of carboxylic acid groups (broad SMARTS) is 1. The molecular weight excluding hydrogens is 264 g/mol. The summed E-state index contributed by atoms with van der Waals surface area (Å²) >= 11 is 1.18. The first-order valence-corrected chi connectivity index (χ1v) is 6.38. The number of amides is 2. The number of benzene rings is 1. The molecule has 0 radical (unpaired) electrons. The van der Waals surface area contributed by atoms with Crippen LogP contribution < -0.4 is 10.6 Å². The summed E-state index contributed by atoms with van der Waals surface area (Å²) in [5.74, 6) is -1.02. The van der Waals surface area contributed by atoms with Gasteiger partial charge in [0.25, 0.3) is 0 Å². The fourth-order valence-corrected chi connectivity index (χ4v) is 2.50. The van der Waals surface area contributed by atoms with Crippen molar-refractivity contribution in [1.29, 1.82) is 0 Å². The molecule has 98 valence electrons. The Kier molecular flexibility index (Phi) is 3.82. The van der Waals surface area contributed by atoms with Crippen molar-refractivity contribution in [3.63, 3.8) is 0 Å². The molecule has 1 heterocycles. The molecule has 0 bridgehead atoms. The lowest BCUT2D eigenvalue weighted by Gasteiger charge is -2.18. The maximum Gasteiger partial charge on any atom is 0.336 e. The smallest absolute Gasteiger partial charge is 0.336 e. The van der Waals surface area contributed by atoms with Gasteiger partial charge in [0.15, 0.2) is 0 Å². The van der Waals surface area contributed by atoms with Gasteiger partial charge in [-0.05, 0) is 11.6 Å². The number of hydrogen-bond donors (Lipinski definition) is 2. The van der Waals surface area contributed by atoms with Crippen LogP contribution in [-0.4, -0.2) is 17.1 Å². The summed E-state index contributed by atoms with van der Waals surface area (Å²) in [5, 5.41) is 10.9.